The first-order valence-corrected chi connectivity index (χ1v) is 11.5. The summed E-state index contributed by atoms with van der Waals surface area (Å²) in [6.07, 6.45) is 0.723. The molecule has 0 bridgehead atoms. The van der Waals surface area contributed by atoms with Gasteiger partial charge in [0, 0.05) is 5.92 Å². The molecule has 7 nitrogen and oxygen atoms in total. The average Bonchev–Trinajstić information content (AvgIpc) is 3.50. The minimum absolute atomic E-state index is 0.114. The van der Waals surface area contributed by atoms with Crippen molar-refractivity contribution in [2.75, 3.05) is 25.6 Å². The van der Waals surface area contributed by atoms with Crippen LogP contribution in [0, 0.1) is 18.8 Å². The fraction of sp³-hybridized carbons (Fsp3) is 0.458. The van der Waals surface area contributed by atoms with Gasteiger partial charge in [-0.1, -0.05) is 26.0 Å². The Morgan fingerprint density at radius 3 is 2.41 bits per heavy atom. The van der Waals surface area contributed by atoms with E-state index < -0.39 is 11.9 Å². The summed E-state index contributed by atoms with van der Waals surface area (Å²) in [6.45, 7) is 7.73. The molecule has 2 unspecified atom stereocenters. The van der Waals surface area contributed by atoms with E-state index in [0.29, 0.717) is 15.4 Å². The Morgan fingerprint density at radius 2 is 1.81 bits per heavy atom. The van der Waals surface area contributed by atoms with Gasteiger partial charge in [-0.2, -0.15) is 0 Å². The third-order valence-electron chi connectivity index (χ3n) is 5.27. The Labute approximate surface area is 192 Å². The third kappa shape index (κ3) is 5.30. The molecule has 2 atom stereocenters. The van der Waals surface area contributed by atoms with Gasteiger partial charge in [0.05, 0.1) is 25.9 Å². The predicted molar refractivity (Wildman–Crippen MR) is 123 cm³/mol. The highest BCUT2D eigenvalue weighted by atomic mass is 32.1. The van der Waals surface area contributed by atoms with Crippen LogP contribution >= 0.6 is 11.3 Å². The van der Waals surface area contributed by atoms with E-state index in [1.54, 1.807) is 21.0 Å². The van der Waals surface area contributed by atoms with E-state index in [2.05, 4.69) is 5.32 Å². The molecule has 2 aromatic rings. The number of nitrogens with one attached hydrogen (secondary N) is 1. The lowest BCUT2D eigenvalue weighted by Crippen LogP contribution is -2.17. The summed E-state index contributed by atoms with van der Waals surface area (Å²) in [4.78, 5) is 38.3. The number of esters is 2. The summed E-state index contributed by atoms with van der Waals surface area (Å²) in [5.41, 5.74) is 1.74. The Kier molecular flexibility index (Phi) is 7.56. The van der Waals surface area contributed by atoms with E-state index >= 15 is 0 Å². The number of carbonyl (C=O) groups excluding carboxylic acids is 3. The van der Waals surface area contributed by atoms with Crippen molar-refractivity contribution in [3.63, 3.8) is 0 Å². The second-order valence-electron chi connectivity index (χ2n) is 8.18. The lowest BCUT2D eigenvalue weighted by molar-refractivity contribution is -0.117. The SMILES string of the molecule is CCOC(=O)c1c(NC(=O)C2CC2c2ccc(OC)cc2)sc(C(=O)OCC(C)C)c1C. The van der Waals surface area contributed by atoms with Gasteiger partial charge in [-0.25, -0.2) is 9.59 Å². The van der Waals surface area contributed by atoms with Crippen molar-refractivity contribution in [2.24, 2.45) is 11.8 Å². The summed E-state index contributed by atoms with van der Waals surface area (Å²) < 4.78 is 15.7. The number of hydrogen-bond acceptors (Lipinski definition) is 7. The quantitative estimate of drug-likeness (QED) is 0.542. The van der Waals surface area contributed by atoms with Crippen molar-refractivity contribution in [1.82, 2.24) is 0 Å². The monoisotopic (exact) mass is 459 g/mol. The number of amides is 1. The highest BCUT2D eigenvalue weighted by Gasteiger charge is 2.44. The van der Waals surface area contributed by atoms with Crippen LogP contribution in [0.25, 0.3) is 0 Å². The molecule has 0 saturated heterocycles. The molecular formula is C24H29NO6S. The van der Waals surface area contributed by atoms with Gasteiger partial charge in [0.25, 0.3) is 0 Å². The van der Waals surface area contributed by atoms with Crippen LogP contribution in [0.15, 0.2) is 24.3 Å². The van der Waals surface area contributed by atoms with Crippen LogP contribution in [0.3, 0.4) is 0 Å². The summed E-state index contributed by atoms with van der Waals surface area (Å²) in [5, 5.41) is 3.18. The van der Waals surface area contributed by atoms with E-state index in [9.17, 15) is 14.4 Å². The van der Waals surface area contributed by atoms with E-state index in [1.165, 1.54) is 0 Å². The zero-order valence-corrected chi connectivity index (χ0v) is 19.8. The maximum atomic E-state index is 12.9. The van der Waals surface area contributed by atoms with Crippen molar-refractivity contribution < 1.29 is 28.6 Å². The smallest absolute Gasteiger partial charge is 0.348 e. The molecule has 1 amide bonds. The third-order valence-corrected chi connectivity index (χ3v) is 6.45. The number of benzene rings is 1. The van der Waals surface area contributed by atoms with Crippen LogP contribution in [0.4, 0.5) is 5.00 Å². The van der Waals surface area contributed by atoms with Crippen LogP contribution in [-0.2, 0) is 14.3 Å². The van der Waals surface area contributed by atoms with Gasteiger partial charge in [0.15, 0.2) is 0 Å². The maximum absolute atomic E-state index is 12.9. The van der Waals surface area contributed by atoms with Gasteiger partial charge in [-0.15, -0.1) is 11.3 Å². The normalized spacial score (nSPS) is 17.1. The highest BCUT2D eigenvalue weighted by molar-refractivity contribution is 7.18. The van der Waals surface area contributed by atoms with Gasteiger partial charge in [-0.05, 0) is 55.4 Å². The van der Waals surface area contributed by atoms with Gasteiger partial charge >= 0.3 is 11.9 Å². The molecule has 1 aromatic heterocycles. The van der Waals surface area contributed by atoms with Gasteiger partial charge in [0.2, 0.25) is 5.91 Å². The van der Waals surface area contributed by atoms with E-state index in [0.717, 1.165) is 29.1 Å². The number of rotatable bonds is 9. The van der Waals surface area contributed by atoms with Gasteiger partial charge < -0.3 is 19.5 Å². The van der Waals surface area contributed by atoms with Gasteiger partial charge in [0.1, 0.15) is 15.6 Å². The Balaban J connectivity index is 1.78. The number of hydrogen-bond donors (Lipinski definition) is 1. The average molecular weight is 460 g/mol. The summed E-state index contributed by atoms with van der Waals surface area (Å²) in [5.74, 6) is -0.384. The lowest BCUT2D eigenvalue weighted by atomic mass is 10.1. The predicted octanol–water partition coefficient (Wildman–Crippen LogP) is 4.80. The molecule has 1 aromatic carbocycles. The zero-order valence-electron chi connectivity index (χ0n) is 19.0. The van der Waals surface area contributed by atoms with Crippen molar-refractivity contribution in [3.8, 4) is 5.75 Å². The number of thiophene rings is 1. The van der Waals surface area contributed by atoms with Crippen molar-refractivity contribution in [1.29, 1.82) is 0 Å². The van der Waals surface area contributed by atoms with Crippen LogP contribution in [0.5, 0.6) is 5.75 Å². The number of carbonyl (C=O) groups is 3. The molecule has 8 heteroatoms. The van der Waals surface area contributed by atoms with Crippen molar-refractivity contribution >= 4 is 34.2 Å². The Bertz CT molecular complexity index is 995. The molecule has 1 fully saturated rings. The fourth-order valence-electron chi connectivity index (χ4n) is 3.46. The zero-order chi connectivity index (χ0) is 23.4. The van der Waals surface area contributed by atoms with E-state index in [4.69, 9.17) is 14.2 Å². The first-order valence-electron chi connectivity index (χ1n) is 10.7. The molecule has 0 aliphatic heterocycles. The molecule has 1 heterocycles. The molecule has 0 spiro atoms. The Morgan fingerprint density at radius 1 is 1.12 bits per heavy atom. The maximum Gasteiger partial charge on any atom is 0.348 e. The first-order chi connectivity index (χ1) is 15.3. The van der Waals surface area contributed by atoms with Crippen molar-refractivity contribution in [2.45, 2.75) is 40.0 Å². The minimum Gasteiger partial charge on any atom is -0.497 e. The molecule has 1 aliphatic rings. The van der Waals surface area contributed by atoms with E-state index in [-0.39, 0.29) is 42.4 Å². The molecule has 172 valence electrons. The molecular weight excluding hydrogens is 430 g/mol. The highest BCUT2D eigenvalue weighted by Crippen LogP contribution is 2.48. The van der Waals surface area contributed by atoms with Crippen LogP contribution < -0.4 is 10.1 Å². The summed E-state index contributed by atoms with van der Waals surface area (Å²) in [7, 11) is 1.61. The summed E-state index contributed by atoms with van der Waals surface area (Å²) >= 11 is 1.05. The second kappa shape index (κ2) is 10.2. The summed E-state index contributed by atoms with van der Waals surface area (Å²) in [6, 6.07) is 7.66. The standard InChI is InChI=1S/C24H29NO6S/c1-6-30-23(27)19-14(4)20(24(28)31-12-13(2)3)32-22(19)25-21(26)18-11-17(18)15-7-9-16(29-5)10-8-15/h7-10,13,17-18H,6,11-12H2,1-5H3,(H,25,26). The molecule has 32 heavy (non-hydrogen) atoms. The van der Waals surface area contributed by atoms with Gasteiger partial charge in [-0.3, -0.25) is 4.79 Å². The molecule has 1 saturated carbocycles. The van der Waals surface area contributed by atoms with Crippen LogP contribution in [0.2, 0.25) is 0 Å². The minimum atomic E-state index is -0.568. The van der Waals surface area contributed by atoms with Crippen LogP contribution in [-0.4, -0.2) is 38.2 Å². The molecule has 3 rings (SSSR count). The molecule has 1 N–H and O–H groups in total. The van der Waals surface area contributed by atoms with Crippen LogP contribution in [0.1, 0.15) is 64.3 Å². The Hall–Kier alpha value is -2.87. The topological polar surface area (TPSA) is 90.9 Å². The van der Waals surface area contributed by atoms with E-state index in [1.807, 2.05) is 38.1 Å². The number of methoxy groups -OCH3 is 1. The lowest BCUT2D eigenvalue weighted by Gasteiger charge is -2.07. The number of ether oxygens (including phenoxy) is 3. The second-order valence-corrected chi connectivity index (χ2v) is 9.20. The molecule has 0 radical (unpaired) electrons. The first kappa shape index (κ1) is 23.8. The van der Waals surface area contributed by atoms with Crippen molar-refractivity contribution in [3.05, 3.63) is 45.8 Å². The fourth-order valence-corrected chi connectivity index (χ4v) is 4.55. The largest absolute Gasteiger partial charge is 0.497 e. The number of anilines is 1. The molecule has 1 aliphatic carbocycles.